The van der Waals surface area contributed by atoms with Crippen molar-refractivity contribution in [1.82, 2.24) is 4.57 Å². The van der Waals surface area contributed by atoms with Gasteiger partial charge in [-0.25, -0.2) is 0 Å². The second-order valence-corrected chi connectivity index (χ2v) is 19.4. The molecule has 0 saturated heterocycles. The highest BCUT2D eigenvalue weighted by atomic mass is 32.1. The van der Waals surface area contributed by atoms with E-state index in [4.69, 9.17) is 4.99 Å². The molecule has 1 aliphatic heterocycles. The number of allylic oxidation sites excluding steroid dienone is 4. The molecule has 9 aromatic carbocycles. The van der Waals surface area contributed by atoms with Crippen LogP contribution in [0.2, 0.25) is 0 Å². The summed E-state index contributed by atoms with van der Waals surface area (Å²) in [5.41, 5.74) is 14.4. The molecule has 3 nitrogen and oxygen atoms in total. The van der Waals surface area contributed by atoms with Crippen molar-refractivity contribution in [2.75, 3.05) is 4.90 Å². The fourth-order valence-electron chi connectivity index (χ4n) is 12.0. The predicted octanol–water partition coefficient (Wildman–Crippen LogP) is 15.1. The van der Waals surface area contributed by atoms with Crippen LogP contribution in [0.4, 0.5) is 11.4 Å². The molecule has 3 heterocycles. The Kier molecular flexibility index (Phi) is 8.93. The fourth-order valence-corrected chi connectivity index (χ4v) is 13.1. The van der Waals surface area contributed by atoms with Gasteiger partial charge in [-0.15, -0.1) is 11.3 Å². The summed E-state index contributed by atoms with van der Waals surface area (Å²) in [5, 5.41) is 7.36. The van der Waals surface area contributed by atoms with E-state index in [0.29, 0.717) is 0 Å². The summed E-state index contributed by atoms with van der Waals surface area (Å²) in [4.78, 5) is 8.37. The highest BCUT2D eigenvalue weighted by molar-refractivity contribution is 7.16. The van der Waals surface area contributed by atoms with Gasteiger partial charge in [-0.1, -0.05) is 182 Å². The van der Waals surface area contributed by atoms with Gasteiger partial charge in [0.2, 0.25) is 0 Å². The molecule has 2 aliphatic carbocycles. The van der Waals surface area contributed by atoms with E-state index in [9.17, 15) is 0 Å². The van der Waals surface area contributed by atoms with Gasteiger partial charge in [0.25, 0.3) is 0 Å². The molecule has 2 unspecified atom stereocenters. The van der Waals surface area contributed by atoms with Crippen molar-refractivity contribution in [2.45, 2.75) is 30.3 Å². The summed E-state index contributed by atoms with van der Waals surface area (Å²) in [6.45, 7) is 0. The Hall–Kier alpha value is -8.05. The summed E-state index contributed by atoms with van der Waals surface area (Å²) in [6.07, 6.45) is 11.8. The van der Waals surface area contributed by atoms with Gasteiger partial charge in [-0.3, -0.25) is 4.99 Å². The maximum absolute atomic E-state index is 5.76. The molecule has 4 heteroatoms. The molecule has 3 aliphatic rings. The Labute approximate surface area is 399 Å². The van der Waals surface area contributed by atoms with Gasteiger partial charge in [0.15, 0.2) is 0 Å². The van der Waals surface area contributed by atoms with Crippen LogP contribution in [0.25, 0.3) is 65.6 Å². The van der Waals surface area contributed by atoms with Gasteiger partial charge in [-0.2, -0.15) is 0 Å². The second-order valence-electron chi connectivity index (χ2n) is 18.4. The number of hydrogen-bond donors (Lipinski definition) is 0. The third kappa shape index (κ3) is 5.80. The number of aromatic nitrogens is 1. The molecule has 2 atom stereocenters. The van der Waals surface area contributed by atoms with Crippen LogP contribution in [0, 0.1) is 0 Å². The summed E-state index contributed by atoms with van der Waals surface area (Å²) < 4.78 is 4.81. The molecule has 0 radical (unpaired) electrons. The molecule has 68 heavy (non-hydrogen) atoms. The molecular formula is C64H45N3S. The van der Waals surface area contributed by atoms with Crippen LogP contribution in [0.5, 0.6) is 0 Å². The number of nitrogens with zero attached hydrogens (tertiary/aromatic N) is 3. The number of rotatable bonds is 7. The molecular weight excluding hydrogens is 843 g/mol. The molecule has 0 saturated carbocycles. The average molecular weight is 888 g/mol. The maximum atomic E-state index is 5.76. The van der Waals surface area contributed by atoms with Crippen molar-refractivity contribution in [3.63, 3.8) is 0 Å². The fraction of sp³-hybridized carbons (Fsp3) is 0.0781. The predicted molar refractivity (Wildman–Crippen MR) is 285 cm³/mol. The molecule has 14 rings (SSSR count). The number of para-hydroxylation sites is 1. The van der Waals surface area contributed by atoms with Crippen molar-refractivity contribution in [2.24, 2.45) is 4.99 Å². The van der Waals surface area contributed by atoms with Gasteiger partial charge in [0.1, 0.15) is 10.7 Å². The van der Waals surface area contributed by atoms with E-state index >= 15 is 0 Å². The van der Waals surface area contributed by atoms with Crippen LogP contribution < -0.4 is 14.8 Å². The highest BCUT2D eigenvalue weighted by Crippen LogP contribution is 2.57. The first-order valence-corrected chi connectivity index (χ1v) is 24.7. The molecule has 0 fully saturated rings. The first-order chi connectivity index (χ1) is 33.7. The topological polar surface area (TPSA) is 20.5 Å². The van der Waals surface area contributed by atoms with Gasteiger partial charge < -0.3 is 9.47 Å². The lowest BCUT2D eigenvalue weighted by atomic mass is 9.66. The van der Waals surface area contributed by atoms with E-state index < -0.39 is 5.41 Å². The third-order valence-electron chi connectivity index (χ3n) is 14.9. The Morgan fingerprint density at radius 2 is 1.26 bits per heavy atom. The molecule has 0 bridgehead atoms. The van der Waals surface area contributed by atoms with E-state index in [-0.39, 0.29) is 12.1 Å². The normalized spacial score (nSPS) is 16.8. The summed E-state index contributed by atoms with van der Waals surface area (Å²) in [5.74, 6) is 0. The smallest absolute Gasteiger partial charge is 0.119 e. The Morgan fingerprint density at radius 1 is 0.574 bits per heavy atom. The van der Waals surface area contributed by atoms with Crippen LogP contribution >= 0.6 is 11.3 Å². The summed E-state index contributed by atoms with van der Waals surface area (Å²) in [6, 6.07) is 78.5. The molecule has 2 aromatic heterocycles. The van der Waals surface area contributed by atoms with Crippen LogP contribution in [0.1, 0.15) is 41.1 Å². The third-order valence-corrected chi connectivity index (χ3v) is 16.0. The second kappa shape index (κ2) is 15.5. The SMILES string of the molecule is C1=CC(C2(c3ccc(N(c4cccc5c4c4ccccc4n5-c4ccc5ccccc5c4)C4C=c5c(sc6ccccc56)=NC4c4ccccc4)cc3)c3ccccc3-c3ccccc32)=CCC1. The number of thiophene rings is 1. The van der Waals surface area contributed by atoms with Gasteiger partial charge >= 0.3 is 0 Å². The number of benzene rings is 9. The van der Waals surface area contributed by atoms with Crippen LogP contribution in [0.15, 0.2) is 241 Å². The monoisotopic (exact) mass is 887 g/mol. The Bertz CT molecular complexity index is 3960. The summed E-state index contributed by atoms with van der Waals surface area (Å²) >= 11 is 1.80. The quantitative estimate of drug-likeness (QED) is 0.156. The molecule has 0 N–H and O–H groups in total. The minimum Gasteiger partial charge on any atom is -0.331 e. The zero-order chi connectivity index (χ0) is 44.8. The first-order valence-electron chi connectivity index (χ1n) is 23.8. The lowest BCUT2D eigenvalue weighted by Crippen LogP contribution is -2.41. The molecule has 0 amide bonds. The van der Waals surface area contributed by atoms with E-state index in [1.807, 2.05) is 0 Å². The van der Waals surface area contributed by atoms with Gasteiger partial charge in [0.05, 0.1) is 28.2 Å². The standard InChI is InChI=1S/C64H45N3S/c1-3-19-43(20-4-1)62-59(41-53-51-26-12-16-33-60(51)68-63(53)65-62)66(57-31-17-32-58-61(57)52-27-11-15-30-56(52)67(58)48-37-34-42-18-7-8-21-44(42)40-48)47-38-35-46(36-39-47)64(45-22-5-2-6-23-45)54-28-13-9-24-49(54)50-25-10-14-29-55(50)64/h1,3-5,7-41,59,62H,2,6H2. The zero-order valence-electron chi connectivity index (χ0n) is 37.3. The van der Waals surface area contributed by atoms with Gasteiger partial charge in [0, 0.05) is 37.5 Å². The van der Waals surface area contributed by atoms with Crippen molar-refractivity contribution in [1.29, 1.82) is 0 Å². The average Bonchev–Trinajstić information content (AvgIpc) is 4.06. The lowest BCUT2D eigenvalue weighted by Gasteiger charge is -2.38. The van der Waals surface area contributed by atoms with Crippen molar-refractivity contribution >= 4 is 71.5 Å². The van der Waals surface area contributed by atoms with Crippen LogP contribution in [0.3, 0.4) is 0 Å². The number of hydrogen-bond acceptors (Lipinski definition) is 3. The van der Waals surface area contributed by atoms with E-state index in [1.165, 1.54) is 86.8 Å². The van der Waals surface area contributed by atoms with Crippen molar-refractivity contribution in [3.8, 4) is 16.8 Å². The number of fused-ring (bicyclic) bond motifs is 10. The summed E-state index contributed by atoms with van der Waals surface area (Å²) in [7, 11) is 0. The lowest BCUT2D eigenvalue weighted by molar-refractivity contribution is 0.624. The Morgan fingerprint density at radius 3 is 2.06 bits per heavy atom. The van der Waals surface area contributed by atoms with Crippen molar-refractivity contribution < 1.29 is 0 Å². The molecule has 322 valence electrons. The van der Waals surface area contributed by atoms with E-state index in [1.54, 1.807) is 11.3 Å². The highest BCUT2D eigenvalue weighted by Gasteiger charge is 2.47. The van der Waals surface area contributed by atoms with Crippen molar-refractivity contribution in [3.05, 3.63) is 268 Å². The minimum absolute atomic E-state index is 0.173. The van der Waals surface area contributed by atoms with Gasteiger partial charge in [-0.05, 0) is 117 Å². The van der Waals surface area contributed by atoms with Crippen LogP contribution in [-0.2, 0) is 5.41 Å². The van der Waals surface area contributed by atoms with E-state index in [0.717, 1.165) is 34.6 Å². The van der Waals surface area contributed by atoms with E-state index in [2.05, 4.69) is 246 Å². The maximum Gasteiger partial charge on any atom is 0.119 e. The Balaban J connectivity index is 1.04. The minimum atomic E-state index is -0.454. The largest absolute Gasteiger partial charge is 0.331 e. The number of anilines is 2. The first kappa shape index (κ1) is 39.1. The molecule has 11 aromatic rings. The molecule has 0 spiro atoms. The van der Waals surface area contributed by atoms with Crippen LogP contribution in [-0.4, -0.2) is 10.6 Å². The zero-order valence-corrected chi connectivity index (χ0v) is 38.2.